The Morgan fingerprint density at radius 2 is 2.07 bits per heavy atom. The molecule has 6 heteroatoms. The van der Waals surface area contributed by atoms with Crippen molar-refractivity contribution in [3.8, 4) is 0 Å². The number of ether oxygens (including phenoxy) is 1. The van der Waals surface area contributed by atoms with E-state index in [1.165, 1.54) is 10.4 Å². The molecule has 0 N–H and O–H groups in total. The lowest BCUT2D eigenvalue weighted by Crippen LogP contribution is -2.49. The number of fused-ring (bicyclic) bond motifs is 2. The third-order valence-electron chi connectivity index (χ3n) is 6.09. The molecular formula is C21H26N2O3S. The van der Waals surface area contributed by atoms with Crippen molar-refractivity contribution in [1.29, 1.82) is 0 Å². The van der Waals surface area contributed by atoms with Crippen LogP contribution in [-0.4, -0.2) is 35.1 Å². The van der Waals surface area contributed by atoms with Crippen molar-refractivity contribution in [2.75, 3.05) is 19.7 Å². The number of hydrogen-bond donors (Lipinski definition) is 0. The van der Waals surface area contributed by atoms with Gasteiger partial charge in [-0.15, -0.1) is 11.3 Å². The standard InChI is InChI=1S/C21H26N2O3S/c1-4-17-14(2)13-16(19(24)22(17)3)20(25)23-9-7-21(8-10-23)18-15(5-11-26-21)6-12-27-18/h6,12-13H,4-5,7-11H2,1-3H3. The maximum atomic E-state index is 13.1. The van der Waals surface area contributed by atoms with Gasteiger partial charge in [0.25, 0.3) is 11.5 Å². The number of likely N-dealkylation sites (tertiary alicyclic amines) is 1. The zero-order chi connectivity index (χ0) is 19.2. The first-order chi connectivity index (χ1) is 13.0. The smallest absolute Gasteiger partial charge is 0.263 e. The van der Waals surface area contributed by atoms with E-state index in [2.05, 4.69) is 11.4 Å². The van der Waals surface area contributed by atoms with Gasteiger partial charge in [-0.25, -0.2) is 0 Å². The minimum Gasteiger partial charge on any atom is -0.369 e. The van der Waals surface area contributed by atoms with Gasteiger partial charge in [-0.3, -0.25) is 9.59 Å². The third-order valence-corrected chi connectivity index (χ3v) is 7.23. The van der Waals surface area contributed by atoms with E-state index in [9.17, 15) is 9.59 Å². The molecule has 4 heterocycles. The van der Waals surface area contributed by atoms with Gasteiger partial charge in [-0.2, -0.15) is 0 Å². The fraction of sp³-hybridized carbons (Fsp3) is 0.524. The molecule has 0 aromatic carbocycles. The van der Waals surface area contributed by atoms with Crippen molar-refractivity contribution < 1.29 is 9.53 Å². The SMILES string of the molecule is CCc1c(C)cc(C(=O)N2CCC3(CC2)OCCc2ccsc23)c(=O)n1C. The number of nitrogens with zero attached hydrogens (tertiary/aromatic N) is 2. The van der Waals surface area contributed by atoms with E-state index in [1.807, 2.05) is 18.7 Å². The van der Waals surface area contributed by atoms with E-state index in [1.54, 1.807) is 29.0 Å². The zero-order valence-electron chi connectivity index (χ0n) is 16.2. The molecule has 27 heavy (non-hydrogen) atoms. The normalized spacial score (nSPS) is 18.6. The fourth-order valence-electron chi connectivity index (χ4n) is 4.57. The first kappa shape index (κ1) is 18.4. The van der Waals surface area contributed by atoms with Gasteiger partial charge in [0.2, 0.25) is 0 Å². The van der Waals surface area contributed by atoms with Crippen molar-refractivity contribution in [2.45, 2.75) is 45.1 Å². The van der Waals surface area contributed by atoms with Crippen LogP contribution in [0.5, 0.6) is 0 Å². The van der Waals surface area contributed by atoms with Gasteiger partial charge in [0, 0.05) is 30.7 Å². The van der Waals surface area contributed by atoms with E-state index in [0.717, 1.165) is 43.5 Å². The second kappa shape index (κ2) is 6.91. The molecular weight excluding hydrogens is 360 g/mol. The molecule has 1 fully saturated rings. The van der Waals surface area contributed by atoms with Crippen molar-refractivity contribution in [1.82, 2.24) is 9.47 Å². The number of carbonyl (C=O) groups is 1. The van der Waals surface area contributed by atoms with Gasteiger partial charge in [0.15, 0.2) is 0 Å². The Labute approximate surface area is 163 Å². The van der Waals surface area contributed by atoms with Crippen LogP contribution >= 0.6 is 11.3 Å². The third kappa shape index (κ3) is 2.95. The van der Waals surface area contributed by atoms with Gasteiger partial charge < -0.3 is 14.2 Å². The number of carbonyl (C=O) groups excluding carboxylic acids is 1. The summed E-state index contributed by atoms with van der Waals surface area (Å²) >= 11 is 1.77. The second-order valence-corrected chi connectivity index (χ2v) is 8.48. The maximum Gasteiger partial charge on any atom is 0.263 e. The number of rotatable bonds is 2. The molecule has 5 nitrogen and oxygen atoms in total. The van der Waals surface area contributed by atoms with Crippen molar-refractivity contribution in [2.24, 2.45) is 7.05 Å². The number of hydrogen-bond acceptors (Lipinski definition) is 4. The van der Waals surface area contributed by atoms with E-state index >= 15 is 0 Å². The Morgan fingerprint density at radius 1 is 1.33 bits per heavy atom. The summed E-state index contributed by atoms with van der Waals surface area (Å²) in [5.41, 5.74) is 3.21. The predicted octanol–water partition coefficient (Wildman–Crippen LogP) is 3.02. The molecule has 0 saturated carbocycles. The van der Waals surface area contributed by atoms with E-state index in [0.29, 0.717) is 13.1 Å². The summed E-state index contributed by atoms with van der Waals surface area (Å²) in [4.78, 5) is 28.9. The summed E-state index contributed by atoms with van der Waals surface area (Å²) in [6.07, 6.45) is 3.33. The Hall–Kier alpha value is -1.92. The Kier molecular flexibility index (Phi) is 4.72. The number of thiophene rings is 1. The summed E-state index contributed by atoms with van der Waals surface area (Å²) in [5.74, 6) is -0.154. The highest BCUT2D eigenvalue weighted by atomic mass is 32.1. The molecule has 1 saturated heterocycles. The number of aryl methyl sites for hydroxylation is 1. The average Bonchev–Trinajstić information content (AvgIpc) is 3.16. The molecule has 4 rings (SSSR count). The summed E-state index contributed by atoms with van der Waals surface area (Å²) in [6.45, 7) is 5.97. The van der Waals surface area contributed by atoms with Gasteiger partial charge in [-0.05, 0) is 61.2 Å². The number of pyridine rings is 1. The number of aromatic nitrogens is 1. The number of piperidine rings is 1. The lowest BCUT2D eigenvalue weighted by atomic mass is 9.85. The monoisotopic (exact) mass is 386 g/mol. The highest BCUT2D eigenvalue weighted by Crippen LogP contribution is 2.44. The fourth-order valence-corrected chi connectivity index (χ4v) is 5.73. The Bertz CT molecular complexity index is 935. The molecule has 2 aliphatic rings. The van der Waals surface area contributed by atoms with Crippen molar-refractivity contribution >= 4 is 17.2 Å². The topological polar surface area (TPSA) is 51.5 Å². The van der Waals surface area contributed by atoms with Crippen LogP contribution < -0.4 is 5.56 Å². The molecule has 2 aromatic heterocycles. The molecule has 144 valence electrons. The highest BCUT2D eigenvalue weighted by molar-refractivity contribution is 7.10. The summed E-state index contributed by atoms with van der Waals surface area (Å²) in [7, 11) is 1.75. The molecule has 0 radical (unpaired) electrons. The number of amides is 1. The molecule has 2 aliphatic heterocycles. The van der Waals surface area contributed by atoms with Crippen LogP contribution in [0.1, 0.15) is 51.8 Å². The lowest BCUT2D eigenvalue weighted by Gasteiger charge is -2.43. The quantitative estimate of drug-likeness (QED) is 0.797. The van der Waals surface area contributed by atoms with Crippen LogP contribution in [0.4, 0.5) is 0 Å². The van der Waals surface area contributed by atoms with Crippen molar-refractivity contribution in [3.05, 3.63) is 55.1 Å². The summed E-state index contributed by atoms with van der Waals surface area (Å²) in [6, 6.07) is 3.96. The molecule has 2 aromatic rings. The minimum atomic E-state index is -0.245. The van der Waals surface area contributed by atoms with Crippen molar-refractivity contribution in [3.63, 3.8) is 0 Å². The molecule has 0 atom stereocenters. The van der Waals surface area contributed by atoms with E-state index < -0.39 is 0 Å². The van der Waals surface area contributed by atoms with Gasteiger partial charge in [0.05, 0.1) is 6.61 Å². The summed E-state index contributed by atoms with van der Waals surface area (Å²) in [5, 5.41) is 2.14. The van der Waals surface area contributed by atoms with Crippen LogP contribution in [0.2, 0.25) is 0 Å². The van der Waals surface area contributed by atoms with Gasteiger partial charge in [0.1, 0.15) is 11.2 Å². The van der Waals surface area contributed by atoms with Gasteiger partial charge >= 0.3 is 0 Å². The second-order valence-electron chi connectivity index (χ2n) is 7.57. The van der Waals surface area contributed by atoms with Crippen LogP contribution in [0, 0.1) is 6.92 Å². The van der Waals surface area contributed by atoms with Crippen LogP contribution in [0.15, 0.2) is 22.3 Å². The minimum absolute atomic E-state index is 0.154. The maximum absolute atomic E-state index is 13.1. The molecule has 0 unspecified atom stereocenters. The Morgan fingerprint density at radius 3 is 2.78 bits per heavy atom. The highest BCUT2D eigenvalue weighted by Gasteiger charge is 2.42. The largest absolute Gasteiger partial charge is 0.369 e. The van der Waals surface area contributed by atoms with Crippen LogP contribution in [-0.2, 0) is 30.2 Å². The summed E-state index contributed by atoms with van der Waals surface area (Å²) < 4.78 is 7.85. The van der Waals surface area contributed by atoms with Crippen LogP contribution in [0.25, 0.3) is 0 Å². The van der Waals surface area contributed by atoms with Crippen LogP contribution in [0.3, 0.4) is 0 Å². The van der Waals surface area contributed by atoms with E-state index in [-0.39, 0.29) is 22.6 Å². The molecule has 1 amide bonds. The Balaban J connectivity index is 1.56. The first-order valence-corrected chi connectivity index (χ1v) is 10.5. The molecule has 0 aliphatic carbocycles. The van der Waals surface area contributed by atoms with E-state index in [4.69, 9.17) is 4.74 Å². The molecule has 1 spiro atoms. The predicted molar refractivity (Wildman–Crippen MR) is 107 cm³/mol. The average molecular weight is 387 g/mol. The first-order valence-electron chi connectivity index (χ1n) is 9.66. The zero-order valence-corrected chi connectivity index (χ0v) is 17.0. The van der Waals surface area contributed by atoms with Gasteiger partial charge in [-0.1, -0.05) is 6.92 Å². The molecule has 0 bridgehead atoms. The lowest BCUT2D eigenvalue weighted by molar-refractivity contribution is -0.0906.